The molecule has 0 aliphatic heterocycles. The van der Waals surface area contributed by atoms with Crippen LogP contribution in [0.25, 0.3) is 0 Å². The Bertz CT molecular complexity index is 695. The topological polar surface area (TPSA) is 61.2 Å². The van der Waals surface area contributed by atoms with E-state index in [-0.39, 0.29) is 5.03 Å². The third-order valence-corrected chi connectivity index (χ3v) is 3.91. The summed E-state index contributed by atoms with van der Waals surface area (Å²) >= 11 is 0. The molecule has 0 aliphatic rings. The number of nitrogens with zero attached hydrogens (tertiary/aromatic N) is 2. The molecule has 102 valence electrons. The van der Waals surface area contributed by atoms with Crippen LogP contribution in [-0.4, -0.2) is 25.1 Å². The molecule has 0 fully saturated rings. The molecule has 0 amide bonds. The van der Waals surface area contributed by atoms with Crippen molar-refractivity contribution in [2.75, 3.05) is 7.11 Å². The third-order valence-electron chi connectivity index (χ3n) is 2.74. The minimum atomic E-state index is -3.80. The van der Waals surface area contributed by atoms with Crippen LogP contribution in [0.1, 0.15) is 11.4 Å². The molecule has 2 rings (SSSR count). The Hall–Kier alpha value is -1.53. The number of aromatic nitrogens is 2. The van der Waals surface area contributed by atoms with Crippen molar-refractivity contribution in [2.45, 2.75) is 18.5 Å². The number of halogens is 1. The van der Waals surface area contributed by atoms with E-state index in [1.807, 2.05) is 24.3 Å². The van der Waals surface area contributed by atoms with Crippen LogP contribution in [0.2, 0.25) is 0 Å². The van der Waals surface area contributed by atoms with Gasteiger partial charge < -0.3 is 9.30 Å². The van der Waals surface area contributed by atoms with Crippen LogP contribution in [0.15, 0.2) is 35.5 Å². The maximum atomic E-state index is 11.2. The van der Waals surface area contributed by atoms with Gasteiger partial charge in [-0.05, 0) is 13.0 Å². The van der Waals surface area contributed by atoms with Crippen molar-refractivity contribution in [1.82, 2.24) is 9.55 Å². The molecule has 0 spiro atoms. The number of hydrogen-bond acceptors (Lipinski definition) is 4. The average molecular weight is 301 g/mol. The first-order valence-corrected chi connectivity index (χ1v) is 7.83. The first kappa shape index (κ1) is 13.9. The number of methoxy groups -OCH3 is 1. The summed E-state index contributed by atoms with van der Waals surface area (Å²) in [4.78, 5) is 3.94. The SMILES string of the molecule is COc1ccccc1Cn1cc(S(=O)(=O)Cl)nc1C. The van der Waals surface area contributed by atoms with Crippen LogP contribution >= 0.6 is 10.7 Å². The predicted molar refractivity (Wildman–Crippen MR) is 72.1 cm³/mol. The average Bonchev–Trinajstić information content (AvgIpc) is 2.72. The van der Waals surface area contributed by atoms with Crippen LogP contribution in [0.5, 0.6) is 5.75 Å². The lowest BCUT2D eigenvalue weighted by Gasteiger charge is -2.09. The molecule has 7 heteroatoms. The minimum Gasteiger partial charge on any atom is -0.496 e. The Labute approximate surface area is 116 Å². The first-order valence-electron chi connectivity index (χ1n) is 5.52. The van der Waals surface area contributed by atoms with E-state index in [2.05, 4.69) is 4.98 Å². The fraction of sp³-hybridized carbons (Fsp3) is 0.250. The number of ether oxygens (including phenoxy) is 1. The van der Waals surface area contributed by atoms with Crippen molar-refractivity contribution in [3.8, 4) is 5.75 Å². The molecule has 0 saturated heterocycles. The number of para-hydroxylation sites is 1. The van der Waals surface area contributed by atoms with Crippen molar-refractivity contribution < 1.29 is 13.2 Å². The molecule has 1 aromatic heterocycles. The Morgan fingerprint density at radius 1 is 1.37 bits per heavy atom. The van der Waals surface area contributed by atoms with Gasteiger partial charge in [-0.3, -0.25) is 0 Å². The first-order chi connectivity index (χ1) is 8.91. The van der Waals surface area contributed by atoms with Crippen molar-refractivity contribution in [1.29, 1.82) is 0 Å². The number of benzene rings is 1. The highest BCUT2D eigenvalue weighted by molar-refractivity contribution is 8.13. The Balaban J connectivity index is 2.36. The number of aryl methyl sites for hydroxylation is 1. The van der Waals surface area contributed by atoms with Crippen molar-refractivity contribution in [3.63, 3.8) is 0 Å². The summed E-state index contributed by atoms with van der Waals surface area (Å²) in [6, 6.07) is 7.52. The molecular weight excluding hydrogens is 288 g/mol. The van der Waals surface area contributed by atoms with Gasteiger partial charge in [-0.25, -0.2) is 13.4 Å². The fourth-order valence-corrected chi connectivity index (χ4v) is 2.49. The van der Waals surface area contributed by atoms with Crippen LogP contribution < -0.4 is 4.74 Å². The minimum absolute atomic E-state index is 0.137. The van der Waals surface area contributed by atoms with Gasteiger partial charge in [0.25, 0.3) is 9.05 Å². The quantitative estimate of drug-likeness (QED) is 0.812. The van der Waals surface area contributed by atoms with Crippen LogP contribution in [-0.2, 0) is 15.6 Å². The summed E-state index contributed by atoms with van der Waals surface area (Å²) in [5.41, 5.74) is 0.934. The lowest BCUT2D eigenvalue weighted by atomic mass is 10.2. The highest BCUT2D eigenvalue weighted by Crippen LogP contribution is 2.21. The standard InChI is InChI=1S/C12H13ClN2O3S/c1-9-14-12(19(13,16)17)8-15(9)7-10-5-3-4-6-11(10)18-2/h3-6,8H,7H2,1-2H3. The van der Waals surface area contributed by atoms with Gasteiger partial charge in [0.05, 0.1) is 13.7 Å². The van der Waals surface area contributed by atoms with E-state index >= 15 is 0 Å². The second-order valence-corrected chi connectivity index (χ2v) is 6.52. The number of rotatable bonds is 4. The zero-order valence-corrected chi connectivity index (χ0v) is 12.1. The van der Waals surface area contributed by atoms with Gasteiger partial charge in [-0.15, -0.1) is 0 Å². The van der Waals surface area contributed by atoms with Gasteiger partial charge >= 0.3 is 0 Å². The summed E-state index contributed by atoms with van der Waals surface area (Å²) in [5, 5.41) is -0.137. The van der Waals surface area contributed by atoms with Crippen LogP contribution in [0.3, 0.4) is 0 Å². The molecule has 0 bridgehead atoms. The summed E-state index contributed by atoms with van der Waals surface area (Å²) in [7, 11) is 3.07. The molecule has 0 radical (unpaired) electrons. The van der Waals surface area contributed by atoms with E-state index in [0.717, 1.165) is 11.3 Å². The molecule has 1 heterocycles. The molecule has 19 heavy (non-hydrogen) atoms. The van der Waals surface area contributed by atoms with Gasteiger partial charge in [0, 0.05) is 22.4 Å². The third kappa shape index (κ3) is 3.08. The maximum Gasteiger partial charge on any atom is 0.280 e. The lowest BCUT2D eigenvalue weighted by molar-refractivity contribution is 0.408. The van der Waals surface area contributed by atoms with Crippen LogP contribution in [0.4, 0.5) is 0 Å². The lowest BCUT2D eigenvalue weighted by Crippen LogP contribution is -2.02. The van der Waals surface area contributed by atoms with Crippen molar-refractivity contribution >= 4 is 19.7 Å². The van der Waals surface area contributed by atoms with E-state index in [4.69, 9.17) is 15.4 Å². The van der Waals surface area contributed by atoms with Crippen molar-refractivity contribution in [3.05, 3.63) is 41.9 Å². The molecule has 0 unspecified atom stereocenters. The van der Waals surface area contributed by atoms with E-state index in [0.29, 0.717) is 12.4 Å². The van der Waals surface area contributed by atoms with Gasteiger partial charge in [0.15, 0.2) is 5.03 Å². The van der Waals surface area contributed by atoms with Crippen molar-refractivity contribution in [2.24, 2.45) is 0 Å². The summed E-state index contributed by atoms with van der Waals surface area (Å²) in [6.07, 6.45) is 1.42. The molecule has 5 nitrogen and oxygen atoms in total. The normalized spacial score (nSPS) is 11.5. The van der Waals surface area contributed by atoms with Gasteiger partial charge in [0.2, 0.25) is 0 Å². The zero-order valence-electron chi connectivity index (χ0n) is 10.5. The fourth-order valence-electron chi connectivity index (χ4n) is 1.77. The zero-order chi connectivity index (χ0) is 14.0. The molecule has 2 aromatic rings. The van der Waals surface area contributed by atoms with Crippen LogP contribution in [0, 0.1) is 6.92 Å². The largest absolute Gasteiger partial charge is 0.496 e. The second-order valence-electron chi connectivity index (χ2n) is 4.00. The monoisotopic (exact) mass is 300 g/mol. The van der Waals surface area contributed by atoms with Gasteiger partial charge in [-0.2, -0.15) is 0 Å². The van der Waals surface area contributed by atoms with E-state index in [9.17, 15) is 8.42 Å². The summed E-state index contributed by atoms with van der Waals surface area (Å²) < 4.78 is 29.4. The highest BCUT2D eigenvalue weighted by Gasteiger charge is 2.16. The maximum absolute atomic E-state index is 11.2. The molecule has 0 N–H and O–H groups in total. The van der Waals surface area contributed by atoms with E-state index in [1.165, 1.54) is 6.20 Å². The predicted octanol–water partition coefficient (Wildman–Crippen LogP) is 2.18. The molecule has 0 aliphatic carbocycles. The summed E-state index contributed by atoms with van der Waals surface area (Å²) in [5.74, 6) is 1.32. The molecule has 0 atom stereocenters. The Morgan fingerprint density at radius 2 is 2.05 bits per heavy atom. The molecular formula is C12H13ClN2O3S. The molecule has 0 saturated carbocycles. The second kappa shape index (κ2) is 5.22. The van der Waals surface area contributed by atoms with E-state index in [1.54, 1.807) is 18.6 Å². The Kier molecular flexibility index (Phi) is 3.82. The Morgan fingerprint density at radius 3 is 2.63 bits per heavy atom. The smallest absolute Gasteiger partial charge is 0.280 e. The number of imidazole rings is 1. The molecule has 1 aromatic carbocycles. The highest BCUT2D eigenvalue weighted by atomic mass is 35.7. The van der Waals surface area contributed by atoms with Gasteiger partial charge in [0.1, 0.15) is 11.6 Å². The van der Waals surface area contributed by atoms with E-state index < -0.39 is 9.05 Å². The number of hydrogen-bond donors (Lipinski definition) is 0. The summed E-state index contributed by atoms with van der Waals surface area (Å²) in [6.45, 7) is 2.19. The van der Waals surface area contributed by atoms with Gasteiger partial charge in [-0.1, -0.05) is 18.2 Å².